The molecular formula is C26H22N2O5. The van der Waals surface area contributed by atoms with Crippen molar-refractivity contribution in [3.8, 4) is 5.75 Å². The molecule has 2 unspecified atom stereocenters. The van der Waals surface area contributed by atoms with Crippen LogP contribution in [0.25, 0.3) is 0 Å². The van der Waals surface area contributed by atoms with Crippen LogP contribution >= 0.6 is 0 Å². The molecule has 7 heteroatoms. The number of hydrogen-bond acceptors (Lipinski definition) is 6. The highest BCUT2D eigenvalue weighted by atomic mass is 16.6. The van der Waals surface area contributed by atoms with Crippen LogP contribution in [-0.2, 0) is 14.4 Å². The van der Waals surface area contributed by atoms with Crippen molar-refractivity contribution in [1.29, 1.82) is 0 Å². The number of rotatable bonds is 7. The summed E-state index contributed by atoms with van der Waals surface area (Å²) in [5, 5.41) is 3.73. The van der Waals surface area contributed by atoms with Gasteiger partial charge in [0.15, 0.2) is 5.78 Å². The van der Waals surface area contributed by atoms with Gasteiger partial charge in [0.2, 0.25) is 5.78 Å². The van der Waals surface area contributed by atoms with Gasteiger partial charge < -0.3 is 9.57 Å². The molecule has 0 radical (unpaired) electrons. The monoisotopic (exact) mass is 442 g/mol. The Balaban J connectivity index is 1.76. The lowest BCUT2D eigenvalue weighted by Gasteiger charge is -2.27. The maximum atomic E-state index is 13.5. The normalized spacial score (nSPS) is 18.1. The summed E-state index contributed by atoms with van der Waals surface area (Å²) < 4.78 is 5.15. The number of Topliss-reactive ketones (excluding diaryl/α,β-unsaturated/α-hetero) is 2. The van der Waals surface area contributed by atoms with Crippen molar-refractivity contribution >= 4 is 29.4 Å². The first-order valence-corrected chi connectivity index (χ1v) is 10.3. The number of benzene rings is 3. The lowest BCUT2D eigenvalue weighted by Crippen LogP contribution is -2.30. The van der Waals surface area contributed by atoms with Crippen LogP contribution < -0.4 is 9.64 Å². The highest BCUT2D eigenvalue weighted by Gasteiger charge is 2.52. The molecule has 1 aliphatic heterocycles. The summed E-state index contributed by atoms with van der Waals surface area (Å²) in [6.45, 7) is 0. The largest absolute Gasteiger partial charge is 0.497 e. The molecule has 0 saturated carbocycles. The average molecular weight is 442 g/mol. The molecule has 33 heavy (non-hydrogen) atoms. The first-order valence-electron chi connectivity index (χ1n) is 10.3. The van der Waals surface area contributed by atoms with Crippen LogP contribution in [0.3, 0.4) is 0 Å². The summed E-state index contributed by atoms with van der Waals surface area (Å²) in [6, 6.07) is 21.8. The molecule has 0 N–H and O–H groups in total. The summed E-state index contributed by atoms with van der Waals surface area (Å²) >= 11 is 0. The van der Waals surface area contributed by atoms with Crippen LogP contribution in [0.1, 0.15) is 27.5 Å². The number of carbonyl (C=O) groups is 3. The van der Waals surface area contributed by atoms with Crippen molar-refractivity contribution in [2.75, 3.05) is 19.1 Å². The number of oxime groups is 1. The van der Waals surface area contributed by atoms with Crippen LogP contribution in [0.4, 0.5) is 5.69 Å². The Morgan fingerprint density at radius 2 is 1.58 bits per heavy atom. The van der Waals surface area contributed by atoms with Gasteiger partial charge in [-0.15, -0.1) is 0 Å². The first-order chi connectivity index (χ1) is 16.0. The SMILES string of the molecule is CON=Cc1ccc(N2C(=O)C(=O)C(C(=O)c3ccc(OC)cc3)C2c2ccccc2)cc1. The van der Waals surface area contributed by atoms with E-state index in [0.29, 0.717) is 22.6 Å². The minimum atomic E-state index is -1.16. The molecule has 7 nitrogen and oxygen atoms in total. The molecule has 166 valence electrons. The van der Waals surface area contributed by atoms with Gasteiger partial charge in [-0.3, -0.25) is 19.3 Å². The predicted octanol–water partition coefficient (Wildman–Crippen LogP) is 3.83. The smallest absolute Gasteiger partial charge is 0.295 e. The Kier molecular flexibility index (Phi) is 6.31. The minimum Gasteiger partial charge on any atom is -0.497 e. The number of methoxy groups -OCH3 is 1. The molecule has 4 rings (SSSR count). The van der Waals surface area contributed by atoms with Crippen molar-refractivity contribution in [2.45, 2.75) is 6.04 Å². The Hall–Kier alpha value is -4.26. The molecule has 1 amide bonds. The number of ether oxygens (including phenoxy) is 1. The Morgan fingerprint density at radius 3 is 2.18 bits per heavy atom. The zero-order valence-electron chi connectivity index (χ0n) is 18.2. The second kappa shape index (κ2) is 9.48. The second-order valence-electron chi connectivity index (χ2n) is 7.47. The van der Waals surface area contributed by atoms with Crippen LogP contribution in [0.5, 0.6) is 5.75 Å². The van der Waals surface area contributed by atoms with Crippen LogP contribution in [0.15, 0.2) is 84.0 Å². The lowest BCUT2D eigenvalue weighted by molar-refractivity contribution is -0.135. The van der Waals surface area contributed by atoms with E-state index in [-0.39, 0.29) is 0 Å². The quantitative estimate of drug-likeness (QED) is 0.183. The summed E-state index contributed by atoms with van der Waals surface area (Å²) in [5.74, 6) is -2.42. The summed E-state index contributed by atoms with van der Waals surface area (Å²) in [6.07, 6.45) is 1.53. The van der Waals surface area contributed by atoms with Gasteiger partial charge in [0.1, 0.15) is 18.8 Å². The van der Waals surface area contributed by atoms with Gasteiger partial charge in [-0.1, -0.05) is 47.6 Å². The average Bonchev–Trinajstić information content (AvgIpc) is 3.13. The third-order valence-corrected chi connectivity index (χ3v) is 5.58. The molecule has 0 bridgehead atoms. The zero-order chi connectivity index (χ0) is 23.4. The topological polar surface area (TPSA) is 85.3 Å². The van der Waals surface area contributed by atoms with E-state index in [1.165, 1.54) is 25.3 Å². The van der Waals surface area contributed by atoms with Gasteiger partial charge in [0, 0.05) is 11.3 Å². The molecule has 0 aliphatic carbocycles. The molecule has 2 atom stereocenters. The highest BCUT2D eigenvalue weighted by molar-refractivity contribution is 6.49. The maximum Gasteiger partial charge on any atom is 0.295 e. The van der Waals surface area contributed by atoms with E-state index < -0.39 is 29.4 Å². The minimum absolute atomic E-state index is 0.343. The number of hydrogen-bond donors (Lipinski definition) is 0. The van der Waals surface area contributed by atoms with E-state index in [1.807, 2.05) is 30.3 Å². The summed E-state index contributed by atoms with van der Waals surface area (Å²) in [7, 11) is 2.98. The molecule has 0 spiro atoms. The molecule has 1 saturated heterocycles. The van der Waals surface area contributed by atoms with Crippen LogP contribution in [-0.4, -0.2) is 37.9 Å². The standard InChI is InChI=1S/C26H22N2O5/c1-32-21-14-10-19(11-15-21)24(29)22-23(18-6-4-3-5-7-18)28(26(31)25(22)30)20-12-8-17(9-13-20)16-27-33-2/h3-16,22-23H,1-2H3. The van der Waals surface area contributed by atoms with Crippen molar-refractivity contribution in [3.63, 3.8) is 0 Å². The van der Waals surface area contributed by atoms with Crippen molar-refractivity contribution in [2.24, 2.45) is 11.1 Å². The van der Waals surface area contributed by atoms with Gasteiger partial charge in [-0.05, 0) is 47.5 Å². The number of amides is 1. The molecule has 3 aromatic rings. The van der Waals surface area contributed by atoms with Crippen LogP contribution in [0, 0.1) is 5.92 Å². The predicted molar refractivity (Wildman–Crippen MR) is 124 cm³/mol. The molecule has 1 aliphatic rings. The molecule has 1 heterocycles. The van der Waals surface area contributed by atoms with Crippen molar-refractivity contribution in [1.82, 2.24) is 0 Å². The van der Waals surface area contributed by atoms with E-state index in [4.69, 9.17) is 9.57 Å². The van der Waals surface area contributed by atoms with Crippen LogP contribution in [0.2, 0.25) is 0 Å². The number of anilines is 1. The maximum absolute atomic E-state index is 13.5. The number of ketones is 2. The van der Waals surface area contributed by atoms with Crippen molar-refractivity contribution in [3.05, 3.63) is 95.6 Å². The third kappa shape index (κ3) is 4.25. The lowest BCUT2D eigenvalue weighted by atomic mass is 9.86. The highest BCUT2D eigenvalue weighted by Crippen LogP contribution is 2.41. The van der Waals surface area contributed by atoms with Gasteiger partial charge >= 0.3 is 0 Å². The first kappa shape index (κ1) is 22.0. The van der Waals surface area contributed by atoms with E-state index in [9.17, 15) is 14.4 Å². The van der Waals surface area contributed by atoms with Gasteiger partial charge in [-0.25, -0.2) is 0 Å². The van der Waals surface area contributed by atoms with Crippen molar-refractivity contribution < 1.29 is 24.0 Å². The molecule has 3 aromatic carbocycles. The molecular weight excluding hydrogens is 420 g/mol. The fourth-order valence-corrected chi connectivity index (χ4v) is 3.97. The molecule has 1 fully saturated rings. The second-order valence-corrected chi connectivity index (χ2v) is 7.47. The fraction of sp³-hybridized carbons (Fsp3) is 0.154. The van der Waals surface area contributed by atoms with E-state index in [2.05, 4.69) is 5.16 Å². The summed E-state index contributed by atoms with van der Waals surface area (Å²) in [5.41, 5.74) is 2.33. The zero-order valence-corrected chi connectivity index (χ0v) is 18.2. The van der Waals surface area contributed by atoms with E-state index >= 15 is 0 Å². The van der Waals surface area contributed by atoms with E-state index in [0.717, 1.165) is 5.56 Å². The Labute approximate surface area is 191 Å². The molecule has 0 aromatic heterocycles. The Bertz CT molecular complexity index is 1190. The number of carbonyl (C=O) groups excluding carboxylic acids is 3. The number of nitrogens with zero attached hydrogens (tertiary/aromatic N) is 2. The Morgan fingerprint density at radius 1 is 0.909 bits per heavy atom. The third-order valence-electron chi connectivity index (χ3n) is 5.58. The van der Waals surface area contributed by atoms with Gasteiger partial charge in [0.25, 0.3) is 5.91 Å². The van der Waals surface area contributed by atoms with E-state index in [1.54, 1.807) is 48.5 Å². The fourth-order valence-electron chi connectivity index (χ4n) is 3.97. The van der Waals surface area contributed by atoms with Gasteiger partial charge in [-0.2, -0.15) is 0 Å². The summed E-state index contributed by atoms with van der Waals surface area (Å²) in [4.78, 5) is 45.9. The van der Waals surface area contributed by atoms with Gasteiger partial charge in [0.05, 0.1) is 19.4 Å².